The Bertz CT molecular complexity index is 1430. The standard InChI is InChI=1S/C27H21IN2O5/c1-33-24-14-12-18(15-25(24)34-2)27(32)35-23-13-11-17-7-3-4-8-19(17)21(23)16-29-30-26(31)20-9-5-6-10-22(20)28/h3-16H,1-2H3,(H,30,31)/b29-16+. The van der Waals surface area contributed by atoms with Crippen LogP contribution in [0.3, 0.4) is 0 Å². The van der Waals surface area contributed by atoms with Gasteiger partial charge in [0.25, 0.3) is 5.91 Å². The van der Waals surface area contributed by atoms with Crippen LogP contribution in [-0.2, 0) is 0 Å². The first-order valence-corrected chi connectivity index (χ1v) is 11.6. The van der Waals surface area contributed by atoms with Crippen LogP contribution in [-0.4, -0.2) is 32.3 Å². The lowest BCUT2D eigenvalue weighted by Crippen LogP contribution is -2.19. The fourth-order valence-electron chi connectivity index (χ4n) is 3.48. The van der Waals surface area contributed by atoms with Gasteiger partial charge < -0.3 is 14.2 Å². The number of hydrazone groups is 1. The molecule has 0 atom stereocenters. The van der Waals surface area contributed by atoms with Crippen LogP contribution in [0.4, 0.5) is 0 Å². The van der Waals surface area contributed by atoms with Crippen molar-refractivity contribution in [3.05, 3.63) is 99.1 Å². The fourth-order valence-corrected chi connectivity index (χ4v) is 4.11. The van der Waals surface area contributed by atoms with Crippen molar-refractivity contribution >= 4 is 51.5 Å². The highest BCUT2D eigenvalue weighted by Gasteiger charge is 2.16. The molecule has 35 heavy (non-hydrogen) atoms. The minimum atomic E-state index is -0.571. The molecule has 0 aliphatic heterocycles. The highest BCUT2D eigenvalue weighted by Crippen LogP contribution is 2.30. The molecule has 0 saturated heterocycles. The number of benzene rings is 4. The van der Waals surface area contributed by atoms with E-state index in [1.165, 1.54) is 20.4 Å². The van der Waals surface area contributed by atoms with E-state index in [4.69, 9.17) is 14.2 Å². The number of methoxy groups -OCH3 is 2. The first-order chi connectivity index (χ1) is 17.0. The lowest BCUT2D eigenvalue weighted by atomic mass is 10.0. The van der Waals surface area contributed by atoms with Crippen molar-refractivity contribution < 1.29 is 23.8 Å². The van der Waals surface area contributed by atoms with Crippen LogP contribution in [0, 0.1) is 3.57 Å². The molecule has 7 nitrogen and oxygen atoms in total. The molecule has 0 fully saturated rings. The van der Waals surface area contributed by atoms with Crippen LogP contribution in [0.2, 0.25) is 0 Å². The highest BCUT2D eigenvalue weighted by molar-refractivity contribution is 14.1. The summed E-state index contributed by atoms with van der Waals surface area (Å²) in [6.45, 7) is 0. The Hall–Kier alpha value is -3.92. The molecule has 0 aromatic heterocycles. The molecule has 0 bridgehead atoms. The first kappa shape index (κ1) is 24.2. The van der Waals surface area contributed by atoms with Crippen molar-refractivity contribution in [1.82, 2.24) is 5.43 Å². The third-order valence-electron chi connectivity index (χ3n) is 5.23. The van der Waals surface area contributed by atoms with Crippen LogP contribution in [0.15, 0.2) is 84.0 Å². The summed E-state index contributed by atoms with van der Waals surface area (Å²) in [4.78, 5) is 25.5. The summed E-state index contributed by atoms with van der Waals surface area (Å²) in [6, 6.07) is 23.2. The third-order valence-corrected chi connectivity index (χ3v) is 6.17. The molecule has 0 aliphatic rings. The van der Waals surface area contributed by atoms with Crippen molar-refractivity contribution in [2.24, 2.45) is 5.10 Å². The van der Waals surface area contributed by atoms with Gasteiger partial charge in [0.1, 0.15) is 5.75 Å². The van der Waals surface area contributed by atoms with Crippen LogP contribution in [0.25, 0.3) is 10.8 Å². The van der Waals surface area contributed by atoms with Gasteiger partial charge in [-0.3, -0.25) is 4.79 Å². The summed E-state index contributed by atoms with van der Waals surface area (Å²) >= 11 is 2.10. The number of halogens is 1. The summed E-state index contributed by atoms with van der Waals surface area (Å²) in [5.74, 6) is 0.316. The van der Waals surface area contributed by atoms with E-state index in [9.17, 15) is 9.59 Å². The smallest absolute Gasteiger partial charge is 0.343 e. The van der Waals surface area contributed by atoms with Gasteiger partial charge in [-0.25, -0.2) is 10.2 Å². The van der Waals surface area contributed by atoms with Crippen molar-refractivity contribution in [3.8, 4) is 17.2 Å². The van der Waals surface area contributed by atoms with Crippen LogP contribution in [0.1, 0.15) is 26.3 Å². The summed E-state index contributed by atoms with van der Waals surface area (Å²) in [5, 5.41) is 5.90. The average Bonchev–Trinajstić information content (AvgIpc) is 2.89. The Kier molecular flexibility index (Phi) is 7.61. The van der Waals surface area contributed by atoms with Crippen LogP contribution < -0.4 is 19.6 Å². The molecule has 1 amide bonds. The van der Waals surface area contributed by atoms with Crippen LogP contribution >= 0.6 is 22.6 Å². The molecule has 0 unspecified atom stereocenters. The molecule has 0 spiro atoms. The number of hydrogen-bond acceptors (Lipinski definition) is 6. The van der Waals surface area contributed by atoms with Gasteiger partial charge in [0.2, 0.25) is 0 Å². The van der Waals surface area contributed by atoms with Crippen LogP contribution in [0.5, 0.6) is 17.2 Å². The fraction of sp³-hybridized carbons (Fsp3) is 0.0741. The Morgan fingerprint density at radius 2 is 1.57 bits per heavy atom. The van der Waals surface area contributed by atoms with Gasteiger partial charge in [-0.15, -0.1) is 0 Å². The number of nitrogens with zero attached hydrogens (tertiary/aromatic N) is 1. The van der Waals surface area contributed by atoms with E-state index < -0.39 is 5.97 Å². The number of rotatable bonds is 7. The Morgan fingerprint density at radius 3 is 2.34 bits per heavy atom. The predicted octanol–water partition coefficient (Wildman–Crippen LogP) is 5.44. The number of ether oxygens (including phenoxy) is 3. The molecular formula is C27H21IN2O5. The maximum atomic E-state index is 12.9. The largest absolute Gasteiger partial charge is 0.493 e. The number of nitrogens with one attached hydrogen (secondary N) is 1. The number of hydrogen-bond donors (Lipinski definition) is 1. The summed E-state index contributed by atoms with van der Waals surface area (Å²) < 4.78 is 17.1. The third kappa shape index (κ3) is 5.43. The SMILES string of the molecule is COc1ccc(C(=O)Oc2ccc3ccccc3c2/C=N/NC(=O)c2ccccc2I)cc1OC. The van der Waals surface area contributed by atoms with E-state index >= 15 is 0 Å². The van der Waals surface area contributed by atoms with E-state index in [0.29, 0.717) is 33.9 Å². The number of esters is 1. The van der Waals surface area contributed by atoms with E-state index in [2.05, 4.69) is 33.1 Å². The van der Waals surface area contributed by atoms with Gasteiger partial charge in [0.15, 0.2) is 11.5 Å². The number of carbonyl (C=O) groups excluding carboxylic acids is 2. The lowest BCUT2D eigenvalue weighted by molar-refractivity contribution is 0.0734. The second-order valence-corrected chi connectivity index (χ2v) is 8.50. The molecule has 4 rings (SSSR count). The lowest BCUT2D eigenvalue weighted by Gasteiger charge is -2.12. The molecule has 8 heteroatoms. The van der Waals surface area contributed by atoms with Gasteiger partial charge in [0.05, 0.1) is 31.6 Å². The average molecular weight is 580 g/mol. The maximum Gasteiger partial charge on any atom is 0.343 e. The predicted molar refractivity (Wildman–Crippen MR) is 143 cm³/mol. The minimum absolute atomic E-state index is 0.297. The molecule has 1 N–H and O–H groups in total. The van der Waals surface area contributed by atoms with Gasteiger partial charge in [0, 0.05) is 9.13 Å². The monoisotopic (exact) mass is 580 g/mol. The highest BCUT2D eigenvalue weighted by atomic mass is 127. The van der Waals surface area contributed by atoms with Gasteiger partial charge >= 0.3 is 5.97 Å². The van der Waals surface area contributed by atoms with Crippen molar-refractivity contribution in [1.29, 1.82) is 0 Å². The molecule has 4 aromatic rings. The number of fused-ring (bicyclic) bond motifs is 1. The summed E-state index contributed by atoms with van der Waals surface area (Å²) in [7, 11) is 3.02. The quantitative estimate of drug-likeness (QED) is 0.103. The molecule has 0 heterocycles. The topological polar surface area (TPSA) is 86.2 Å². The molecule has 176 valence electrons. The maximum absolute atomic E-state index is 12.9. The second kappa shape index (κ2) is 11.0. The Balaban J connectivity index is 1.64. The Labute approximate surface area is 215 Å². The van der Waals surface area contributed by atoms with E-state index in [-0.39, 0.29) is 5.91 Å². The van der Waals surface area contributed by atoms with Gasteiger partial charge in [-0.05, 0) is 69.8 Å². The Morgan fingerprint density at radius 1 is 0.857 bits per heavy atom. The minimum Gasteiger partial charge on any atom is -0.493 e. The summed E-state index contributed by atoms with van der Waals surface area (Å²) in [5.41, 5.74) is 3.92. The van der Waals surface area contributed by atoms with Crippen molar-refractivity contribution in [3.63, 3.8) is 0 Å². The molecule has 0 saturated carbocycles. The zero-order valence-corrected chi connectivity index (χ0v) is 21.1. The summed E-state index contributed by atoms with van der Waals surface area (Å²) in [6.07, 6.45) is 1.48. The molecule has 4 aromatic carbocycles. The zero-order chi connectivity index (χ0) is 24.8. The molecule has 0 radical (unpaired) electrons. The molecular weight excluding hydrogens is 559 g/mol. The second-order valence-electron chi connectivity index (χ2n) is 7.34. The number of carbonyl (C=O) groups is 2. The van der Waals surface area contributed by atoms with E-state index in [1.807, 2.05) is 42.5 Å². The van der Waals surface area contributed by atoms with Crippen molar-refractivity contribution in [2.75, 3.05) is 14.2 Å². The molecule has 0 aliphatic carbocycles. The number of amides is 1. The first-order valence-electron chi connectivity index (χ1n) is 10.6. The van der Waals surface area contributed by atoms with E-state index in [1.54, 1.807) is 36.4 Å². The zero-order valence-electron chi connectivity index (χ0n) is 18.9. The van der Waals surface area contributed by atoms with Gasteiger partial charge in [-0.2, -0.15) is 5.10 Å². The van der Waals surface area contributed by atoms with Gasteiger partial charge in [-0.1, -0.05) is 42.5 Å². The van der Waals surface area contributed by atoms with E-state index in [0.717, 1.165) is 14.3 Å². The van der Waals surface area contributed by atoms with Crippen molar-refractivity contribution in [2.45, 2.75) is 0 Å². The normalized spacial score (nSPS) is 10.8.